The highest BCUT2D eigenvalue weighted by molar-refractivity contribution is 5.67. The molecule has 0 atom stereocenters. The van der Waals surface area contributed by atoms with Crippen LogP contribution in [-0.2, 0) is 11.3 Å². The summed E-state index contributed by atoms with van der Waals surface area (Å²) >= 11 is 0. The predicted octanol–water partition coefficient (Wildman–Crippen LogP) is 2.12. The molecule has 0 unspecified atom stereocenters. The van der Waals surface area contributed by atoms with E-state index in [-0.39, 0.29) is 12.3 Å². The second-order valence-electron chi connectivity index (χ2n) is 4.76. The summed E-state index contributed by atoms with van der Waals surface area (Å²) in [5, 5.41) is 11.9. The van der Waals surface area contributed by atoms with Crippen LogP contribution in [0.25, 0.3) is 0 Å². The average molecular weight is 238 g/mol. The van der Waals surface area contributed by atoms with Gasteiger partial charge in [0.15, 0.2) is 0 Å². The van der Waals surface area contributed by atoms with Crippen LogP contribution in [0.1, 0.15) is 32.2 Å². The number of alkyl carbamates (subject to hydrolysis) is 1. The van der Waals surface area contributed by atoms with Crippen LogP contribution >= 0.6 is 0 Å². The van der Waals surface area contributed by atoms with E-state index in [0.29, 0.717) is 11.4 Å². The Morgan fingerprint density at radius 1 is 1.47 bits per heavy atom. The van der Waals surface area contributed by atoms with Crippen LogP contribution in [0.15, 0.2) is 12.1 Å². The summed E-state index contributed by atoms with van der Waals surface area (Å²) in [6, 6.07) is 3.20. The van der Waals surface area contributed by atoms with Crippen molar-refractivity contribution >= 4 is 6.09 Å². The minimum absolute atomic E-state index is 0.144. The fourth-order valence-electron chi connectivity index (χ4n) is 1.18. The molecule has 0 spiro atoms. The van der Waals surface area contributed by atoms with Gasteiger partial charge in [-0.05, 0) is 39.8 Å². The van der Waals surface area contributed by atoms with Gasteiger partial charge in [0, 0.05) is 0 Å². The zero-order valence-electron chi connectivity index (χ0n) is 10.6. The molecule has 1 aromatic rings. The Morgan fingerprint density at radius 2 is 2.12 bits per heavy atom. The van der Waals surface area contributed by atoms with Crippen LogP contribution in [0.2, 0.25) is 0 Å². The zero-order chi connectivity index (χ0) is 13.1. The summed E-state index contributed by atoms with van der Waals surface area (Å²) in [7, 11) is 0. The molecule has 0 aliphatic carbocycles. The Kier molecular flexibility index (Phi) is 3.93. The Balaban J connectivity index is 2.50. The topological polar surface area (TPSA) is 71.5 Å². The molecule has 0 bridgehead atoms. The molecule has 5 heteroatoms. The highest BCUT2D eigenvalue weighted by Gasteiger charge is 2.15. The first-order valence-corrected chi connectivity index (χ1v) is 5.40. The maximum Gasteiger partial charge on any atom is 0.407 e. The first-order chi connectivity index (χ1) is 7.78. The number of carbonyl (C=O) groups excluding carboxylic acids is 1. The summed E-state index contributed by atoms with van der Waals surface area (Å²) < 4.78 is 5.09. The molecule has 0 saturated carbocycles. The molecule has 1 aromatic heterocycles. The number of aromatic hydroxyl groups is 1. The van der Waals surface area contributed by atoms with E-state index >= 15 is 0 Å². The third-order valence-electron chi connectivity index (χ3n) is 1.93. The van der Waals surface area contributed by atoms with E-state index in [4.69, 9.17) is 4.74 Å². The largest absolute Gasteiger partial charge is 0.506 e. The molecule has 5 nitrogen and oxygen atoms in total. The SMILES string of the molecule is Cc1nc(CNC(=O)OC(C)(C)C)ccc1O. The van der Waals surface area contributed by atoms with Gasteiger partial charge in [0.25, 0.3) is 0 Å². The van der Waals surface area contributed by atoms with Gasteiger partial charge in [-0.15, -0.1) is 0 Å². The second-order valence-corrected chi connectivity index (χ2v) is 4.76. The summed E-state index contributed by atoms with van der Waals surface area (Å²) in [6.45, 7) is 7.38. The van der Waals surface area contributed by atoms with E-state index in [1.54, 1.807) is 39.8 Å². The smallest absolute Gasteiger partial charge is 0.407 e. The number of carbonyl (C=O) groups is 1. The van der Waals surface area contributed by atoms with Gasteiger partial charge < -0.3 is 15.2 Å². The quantitative estimate of drug-likeness (QED) is 0.827. The van der Waals surface area contributed by atoms with Gasteiger partial charge in [-0.3, -0.25) is 4.98 Å². The lowest BCUT2D eigenvalue weighted by molar-refractivity contribution is 0.0523. The maximum absolute atomic E-state index is 11.4. The van der Waals surface area contributed by atoms with Crippen LogP contribution in [-0.4, -0.2) is 21.8 Å². The maximum atomic E-state index is 11.4. The molecule has 0 fully saturated rings. The lowest BCUT2D eigenvalue weighted by atomic mass is 10.2. The normalized spacial score (nSPS) is 11.1. The zero-order valence-corrected chi connectivity index (χ0v) is 10.6. The van der Waals surface area contributed by atoms with Crippen molar-refractivity contribution in [3.63, 3.8) is 0 Å². The number of amides is 1. The third-order valence-corrected chi connectivity index (χ3v) is 1.93. The molecule has 1 rings (SSSR count). The fourth-order valence-corrected chi connectivity index (χ4v) is 1.18. The lowest BCUT2D eigenvalue weighted by Gasteiger charge is -2.19. The van der Waals surface area contributed by atoms with Gasteiger partial charge in [-0.1, -0.05) is 0 Å². The van der Waals surface area contributed by atoms with Gasteiger partial charge in [0.1, 0.15) is 11.4 Å². The number of hydrogen-bond acceptors (Lipinski definition) is 4. The van der Waals surface area contributed by atoms with Gasteiger partial charge in [0.2, 0.25) is 0 Å². The van der Waals surface area contributed by atoms with Crippen LogP contribution in [0.5, 0.6) is 5.75 Å². The van der Waals surface area contributed by atoms with Crippen molar-refractivity contribution in [1.82, 2.24) is 10.3 Å². The summed E-state index contributed by atoms with van der Waals surface area (Å²) in [5.41, 5.74) is 0.696. The summed E-state index contributed by atoms with van der Waals surface area (Å²) in [4.78, 5) is 15.5. The molecule has 1 amide bonds. The average Bonchev–Trinajstić information content (AvgIpc) is 2.17. The first kappa shape index (κ1) is 13.3. The summed E-state index contributed by atoms with van der Waals surface area (Å²) in [5.74, 6) is 0.144. The molecule has 17 heavy (non-hydrogen) atoms. The highest BCUT2D eigenvalue weighted by Crippen LogP contribution is 2.13. The minimum atomic E-state index is -0.512. The molecule has 0 aliphatic heterocycles. The molecule has 0 saturated heterocycles. The van der Waals surface area contributed by atoms with Crippen molar-refractivity contribution in [1.29, 1.82) is 0 Å². The summed E-state index contributed by atoms with van der Waals surface area (Å²) in [6.07, 6.45) is -0.481. The minimum Gasteiger partial charge on any atom is -0.506 e. The lowest BCUT2D eigenvalue weighted by Crippen LogP contribution is -2.32. The molecule has 0 aliphatic rings. The van der Waals surface area contributed by atoms with Crippen molar-refractivity contribution in [2.75, 3.05) is 0 Å². The van der Waals surface area contributed by atoms with Gasteiger partial charge >= 0.3 is 6.09 Å². The van der Waals surface area contributed by atoms with Crippen molar-refractivity contribution < 1.29 is 14.6 Å². The van der Waals surface area contributed by atoms with Crippen LogP contribution in [0.3, 0.4) is 0 Å². The number of pyridine rings is 1. The molecule has 1 heterocycles. The molecule has 94 valence electrons. The Labute approximate surface area is 101 Å². The number of aryl methyl sites for hydroxylation is 1. The first-order valence-electron chi connectivity index (χ1n) is 5.40. The van der Waals surface area contributed by atoms with Gasteiger partial charge in [-0.2, -0.15) is 0 Å². The van der Waals surface area contributed by atoms with E-state index in [0.717, 1.165) is 0 Å². The molecule has 0 aromatic carbocycles. The van der Waals surface area contributed by atoms with Crippen LogP contribution in [0, 0.1) is 6.92 Å². The Morgan fingerprint density at radius 3 is 2.65 bits per heavy atom. The van der Waals surface area contributed by atoms with Crippen molar-refractivity contribution in [3.8, 4) is 5.75 Å². The van der Waals surface area contributed by atoms with E-state index < -0.39 is 11.7 Å². The Hall–Kier alpha value is -1.78. The standard InChI is InChI=1S/C12H18N2O3/c1-8-10(15)6-5-9(14-8)7-13-11(16)17-12(2,3)4/h5-6,15H,7H2,1-4H3,(H,13,16). The molecule has 0 radical (unpaired) electrons. The van der Waals surface area contributed by atoms with E-state index in [2.05, 4.69) is 10.3 Å². The second kappa shape index (κ2) is 5.03. The van der Waals surface area contributed by atoms with Crippen molar-refractivity contribution in [2.45, 2.75) is 39.8 Å². The number of ether oxygens (including phenoxy) is 1. The van der Waals surface area contributed by atoms with Crippen LogP contribution < -0.4 is 5.32 Å². The van der Waals surface area contributed by atoms with E-state index in [1.165, 1.54) is 0 Å². The van der Waals surface area contributed by atoms with Gasteiger partial charge in [-0.25, -0.2) is 4.79 Å². The molecular weight excluding hydrogens is 220 g/mol. The number of nitrogens with zero attached hydrogens (tertiary/aromatic N) is 1. The Bertz CT molecular complexity index is 411. The number of hydrogen-bond donors (Lipinski definition) is 2. The van der Waals surface area contributed by atoms with Crippen molar-refractivity contribution in [3.05, 3.63) is 23.5 Å². The van der Waals surface area contributed by atoms with Crippen LogP contribution in [0.4, 0.5) is 4.79 Å². The monoisotopic (exact) mass is 238 g/mol. The predicted molar refractivity (Wildman–Crippen MR) is 63.7 cm³/mol. The number of nitrogens with one attached hydrogen (secondary N) is 1. The van der Waals surface area contributed by atoms with Gasteiger partial charge in [0.05, 0.1) is 17.9 Å². The third kappa shape index (κ3) is 4.72. The number of rotatable bonds is 2. The van der Waals surface area contributed by atoms with E-state index in [9.17, 15) is 9.90 Å². The fraction of sp³-hybridized carbons (Fsp3) is 0.500. The number of aromatic nitrogens is 1. The van der Waals surface area contributed by atoms with Crippen molar-refractivity contribution in [2.24, 2.45) is 0 Å². The molecule has 2 N–H and O–H groups in total. The highest BCUT2D eigenvalue weighted by atomic mass is 16.6. The molecular formula is C12H18N2O3. The van der Waals surface area contributed by atoms with E-state index in [1.807, 2.05) is 0 Å².